The molecule has 1 fully saturated rings. The van der Waals surface area contributed by atoms with Gasteiger partial charge < -0.3 is 10.0 Å². The number of carbonyl (C=O) groups is 1. The summed E-state index contributed by atoms with van der Waals surface area (Å²) in [5, 5.41) is 9.58. The second-order valence-electron chi connectivity index (χ2n) is 3.10. The van der Waals surface area contributed by atoms with Crippen molar-refractivity contribution in [2.24, 2.45) is 0 Å². The molecular formula is C9H16N2O2. The van der Waals surface area contributed by atoms with E-state index < -0.39 is 6.23 Å². The lowest BCUT2D eigenvalue weighted by molar-refractivity contribution is -0.134. The maximum atomic E-state index is 11.2. The fourth-order valence-corrected chi connectivity index (χ4v) is 1.50. The van der Waals surface area contributed by atoms with Gasteiger partial charge in [0.25, 0.3) is 0 Å². The quantitative estimate of drug-likeness (QED) is 0.597. The van der Waals surface area contributed by atoms with Crippen LogP contribution < -0.4 is 0 Å². The first kappa shape index (κ1) is 10.2. The van der Waals surface area contributed by atoms with Gasteiger partial charge in [-0.1, -0.05) is 13.5 Å². The van der Waals surface area contributed by atoms with Crippen LogP contribution >= 0.6 is 0 Å². The molecule has 1 atom stereocenters. The number of hydrogen-bond acceptors (Lipinski definition) is 3. The number of rotatable bonds is 2. The molecule has 1 saturated heterocycles. The third kappa shape index (κ3) is 2.29. The van der Waals surface area contributed by atoms with Crippen LogP contribution in [-0.4, -0.2) is 53.2 Å². The van der Waals surface area contributed by atoms with Gasteiger partial charge in [-0.3, -0.25) is 9.69 Å². The second-order valence-corrected chi connectivity index (χ2v) is 3.10. The van der Waals surface area contributed by atoms with E-state index in [0.29, 0.717) is 13.1 Å². The van der Waals surface area contributed by atoms with Gasteiger partial charge in [0, 0.05) is 13.1 Å². The predicted molar refractivity (Wildman–Crippen MR) is 50.0 cm³/mol. The first-order valence-corrected chi connectivity index (χ1v) is 4.52. The topological polar surface area (TPSA) is 43.8 Å². The van der Waals surface area contributed by atoms with Crippen LogP contribution in [0.15, 0.2) is 12.7 Å². The maximum absolute atomic E-state index is 11.2. The van der Waals surface area contributed by atoms with Gasteiger partial charge in [-0.25, -0.2) is 0 Å². The first-order chi connectivity index (χ1) is 6.19. The third-order valence-corrected chi connectivity index (χ3v) is 2.35. The van der Waals surface area contributed by atoms with E-state index in [1.54, 1.807) is 4.90 Å². The Hall–Kier alpha value is -0.870. The van der Waals surface area contributed by atoms with Crippen LogP contribution in [-0.2, 0) is 4.79 Å². The Morgan fingerprint density at radius 3 is 2.85 bits per heavy atom. The molecular weight excluding hydrogens is 168 g/mol. The molecule has 1 aliphatic heterocycles. The molecule has 1 unspecified atom stereocenters. The maximum Gasteiger partial charge on any atom is 0.246 e. The van der Waals surface area contributed by atoms with Crippen molar-refractivity contribution >= 4 is 5.91 Å². The third-order valence-electron chi connectivity index (χ3n) is 2.35. The number of carbonyl (C=O) groups excluding carboxylic acids is 1. The summed E-state index contributed by atoms with van der Waals surface area (Å²) in [4.78, 5) is 14.7. The molecule has 0 spiro atoms. The fraction of sp³-hybridized carbons (Fsp3) is 0.667. The minimum atomic E-state index is -0.525. The minimum absolute atomic E-state index is 0.102. The molecule has 0 bridgehead atoms. The Labute approximate surface area is 78.4 Å². The molecule has 1 heterocycles. The average Bonchev–Trinajstić information content (AvgIpc) is 2.16. The smallest absolute Gasteiger partial charge is 0.246 e. The summed E-state index contributed by atoms with van der Waals surface area (Å²) in [6, 6.07) is 0. The summed E-state index contributed by atoms with van der Waals surface area (Å²) in [6.07, 6.45) is 0.761. The molecule has 0 aromatic rings. The highest BCUT2D eigenvalue weighted by atomic mass is 16.3. The molecule has 1 rings (SSSR count). The van der Waals surface area contributed by atoms with Crippen molar-refractivity contribution in [3.05, 3.63) is 12.7 Å². The Balaban J connectivity index is 2.50. The Kier molecular flexibility index (Phi) is 3.45. The van der Waals surface area contributed by atoms with Gasteiger partial charge in [-0.05, 0) is 12.6 Å². The number of amides is 1. The number of aliphatic hydroxyl groups excluding tert-OH is 1. The molecule has 0 aliphatic carbocycles. The highest BCUT2D eigenvalue weighted by Crippen LogP contribution is 2.07. The number of β-amino-alcohol motifs (C(OH)–C–C–N with tert-alkyl or cyclic N) is 1. The van der Waals surface area contributed by atoms with Crippen LogP contribution in [0.3, 0.4) is 0 Å². The SMILES string of the molecule is C=CC(=O)N1CCN(CC)C(O)C1. The highest BCUT2D eigenvalue weighted by Gasteiger charge is 2.25. The molecule has 1 N–H and O–H groups in total. The van der Waals surface area contributed by atoms with E-state index in [2.05, 4.69) is 6.58 Å². The largest absolute Gasteiger partial charge is 0.376 e. The van der Waals surface area contributed by atoms with Crippen molar-refractivity contribution in [1.82, 2.24) is 9.80 Å². The van der Waals surface area contributed by atoms with E-state index in [1.807, 2.05) is 11.8 Å². The van der Waals surface area contributed by atoms with Gasteiger partial charge in [-0.2, -0.15) is 0 Å². The van der Waals surface area contributed by atoms with Crippen LogP contribution in [0.1, 0.15) is 6.92 Å². The second kappa shape index (κ2) is 4.39. The molecule has 4 heteroatoms. The lowest BCUT2D eigenvalue weighted by Crippen LogP contribution is -2.54. The van der Waals surface area contributed by atoms with Crippen molar-refractivity contribution in [3.8, 4) is 0 Å². The monoisotopic (exact) mass is 184 g/mol. The molecule has 0 aromatic heterocycles. The van der Waals surface area contributed by atoms with Crippen LogP contribution in [0.25, 0.3) is 0 Å². The Morgan fingerprint density at radius 2 is 2.38 bits per heavy atom. The fourth-order valence-electron chi connectivity index (χ4n) is 1.50. The van der Waals surface area contributed by atoms with Crippen molar-refractivity contribution in [2.45, 2.75) is 13.2 Å². The zero-order valence-corrected chi connectivity index (χ0v) is 7.94. The number of likely N-dealkylation sites (N-methyl/N-ethyl adjacent to an activating group) is 1. The summed E-state index contributed by atoms with van der Waals surface area (Å²) in [7, 11) is 0. The minimum Gasteiger partial charge on any atom is -0.376 e. The van der Waals surface area contributed by atoms with E-state index in [1.165, 1.54) is 6.08 Å². The summed E-state index contributed by atoms with van der Waals surface area (Å²) in [6.45, 7) is 8.02. The van der Waals surface area contributed by atoms with Crippen molar-refractivity contribution in [3.63, 3.8) is 0 Å². The number of nitrogens with zero attached hydrogens (tertiary/aromatic N) is 2. The molecule has 1 amide bonds. The van der Waals surface area contributed by atoms with Crippen molar-refractivity contribution in [1.29, 1.82) is 0 Å². The number of hydrogen-bond donors (Lipinski definition) is 1. The van der Waals surface area contributed by atoms with Crippen LogP contribution in [0, 0.1) is 0 Å². The van der Waals surface area contributed by atoms with Gasteiger partial charge in [0.05, 0.1) is 6.54 Å². The summed E-state index contributed by atoms with van der Waals surface area (Å²) in [5.41, 5.74) is 0. The summed E-state index contributed by atoms with van der Waals surface area (Å²) < 4.78 is 0. The lowest BCUT2D eigenvalue weighted by atomic mass is 10.3. The van der Waals surface area contributed by atoms with Crippen molar-refractivity contribution < 1.29 is 9.90 Å². The zero-order chi connectivity index (χ0) is 9.84. The van der Waals surface area contributed by atoms with E-state index in [-0.39, 0.29) is 5.91 Å². The van der Waals surface area contributed by atoms with Crippen LogP contribution in [0.2, 0.25) is 0 Å². The number of aliphatic hydroxyl groups is 1. The van der Waals surface area contributed by atoms with Gasteiger partial charge >= 0.3 is 0 Å². The van der Waals surface area contributed by atoms with Gasteiger partial charge in [-0.15, -0.1) is 0 Å². The standard InChI is InChI=1S/C9H16N2O2/c1-3-8(12)11-6-5-10(4-2)9(13)7-11/h3,9,13H,1,4-7H2,2H3. The number of piperazine rings is 1. The molecule has 13 heavy (non-hydrogen) atoms. The summed E-state index contributed by atoms with van der Waals surface area (Å²) in [5.74, 6) is -0.102. The molecule has 74 valence electrons. The Bertz CT molecular complexity index is 206. The lowest BCUT2D eigenvalue weighted by Gasteiger charge is -2.37. The van der Waals surface area contributed by atoms with Crippen LogP contribution in [0.4, 0.5) is 0 Å². The predicted octanol–water partition coefficient (Wildman–Crippen LogP) is -0.345. The molecule has 0 radical (unpaired) electrons. The van der Waals surface area contributed by atoms with Crippen LogP contribution in [0.5, 0.6) is 0 Å². The van der Waals surface area contributed by atoms with E-state index in [9.17, 15) is 9.90 Å². The van der Waals surface area contributed by atoms with Crippen molar-refractivity contribution in [2.75, 3.05) is 26.2 Å². The highest BCUT2D eigenvalue weighted by molar-refractivity contribution is 5.87. The van der Waals surface area contributed by atoms with E-state index in [4.69, 9.17) is 0 Å². The van der Waals surface area contributed by atoms with E-state index >= 15 is 0 Å². The molecule has 4 nitrogen and oxygen atoms in total. The normalized spacial score (nSPS) is 24.5. The van der Waals surface area contributed by atoms with Gasteiger partial charge in [0.2, 0.25) is 5.91 Å². The molecule has 1 aliphatic rings. The van der Waals surface area contributed by atoms with Gasteiger partial charge in [0.1, 0.15) is 6.23 Å². The molecule has 0 aromatic carbocycles. The molecule has 0 saturated carbocycles. The van der Waals surface area contributed by atoms with Gasteiger partial charge in [0.15, 0.2) is 0 Å². The Morgan fingerprint density at radius 1 is 1.69 bits per heavy atom. The zero-order valence-electron chi connectivity index (χ0n) is 7.94. The van der Waals surface area contributed by atoms with E-state index in [0.717, 1.165) is 13.1 Å². The summed E-state index contributed by atoms with van der Waals surface area (Å²) >= 11 is 0. The first-order valence-electron chi connectivity index (χ1n) is 4.52. The average molecular weight is 184 g/mol.